The van der Waals surface area contributed by atoms with E-state index in [1.165, 1.54) is 16.7 Å². The highest BCUT2D eigenvalue weighted by atomic mass is 15.1. The van der Waals surface area contributed by atoms with E-state index in [1.807, 2.05) is 0 Å². The minimum Gasteiger partial charge on any atom is -0.328 e. The Morgan fingerprint density at radius 1 is 1.27 bits per heavy atom. The third-order valence-corrected chi connectivity index (χ3v) is 2.63. The lowest BCUT2D eigenvalue weighted by molar-refractivity contribution is -0.907. The molecule has 0 saturated heterocycles. The Morgan fingerprint density at radius 2 is 1.87 bits per heavy atom. The molecule has 0 aliphatic carbocycles. The predicted molar refractivity (Wildman–Crippen MR) is 66.1 cm³/mol. The highest BCUT2D eigenvalue weighted by Gasteiger charge is 2.06. The second kappa shape index (κ2) is 5.72. The van der Waals surface area contributed by atoms with E-state index in [0.29, 0.717) is 0 Å². The first-order valence-corrected chi connectivity index (χ1v) is 5.65. The molecule has 0 radical (unpaired) electrons. The quantitative estimate of drug-likeness (QED) is 0.700. The summed E-state index contributed by atoms with van der Waals surface area (Å²) in [5.41, 5.74) is 4.01. The summed E-state index contributed by atoms with van der Waals surface area (Å²) in [6, 6.07) is 8.82. The number of benzene rings is 1. The Hall–Kier alpha value is -1.08. The van der Waals surface area contributed by atoms with Crippen molar-refractivity contribution >= 4 is 0 Å². The van der Waals surface area contributed by atoms with E-state index < -0.39 is 0 Å². The standard InChI is InChI=1S/C14H21N/c1-5-15(10-12(2)3)11-14-8-6-13(4)7-9-14/h6-9H,2,5,10-11H2,1,3-4H3/p+1. The van der Waals surface area contributed by atoms with E-state index in [-0.39, 0.29) is 0 Å². The molecule has 1 aromatic rings. The van der Waals surface area contributed by atoms with Gasteiger partial charge in [-0.25, -0.2) is 0 Å². The third-order valence-electron chi connectivity index (χ3n) is 2.63. The molecule has 1 N–H and O–H groups in total. The van der Waals surface area contributed by atoms with Crippen molar-refractivity contribution in [2.75, 3.05) is 13.1 Å². The van der Waals surface area contributed by atoms with Crippen molar-refractivity contribution < 1.29 is 4.90 Å². The van der Waals surface area contributed by atoms with Crippen LogP contribution in [0.1, 0.15) is 25.0 Å². The van der Waals surface area contributed by atoms with Gasteiger partial charge >= 0.3 is 0 Å². The SMILES string of the molecule is C=C(C)C[NH+](CC)Cc1ccc(C)cc1. The Bertz CT molecular complexity index is 311. The van der Waals surface area contributed by atoms with Gasteiger partial charge in [0.15, 0.2) is 0 Å². The Balaban J connectivity index is 2.58. The van der Waals surface area contributed by atoms with Crippen LogP contribution in [0.15, 0.2) is 36.4 Å². The Morgan fingerprint density at radius 3 is 2.33 bits per heavy atom. The molecule has 0 aromatic heterocycles. The van der Waals surface area contributed by atoms with Gasteiger partial charge in [-0.3, -0.25) is 0 Å². The van der Waals surface area contributed by atoms with E-state index in [1.54, 1.807) is 4.90 Å². The first-order chi connectivity index (χ1) is 7.11. The summed E-state index contributed by atoms with van der Waals surface area (Å²) in [6.07, 6.45) is 0. The van der Waals surface area contributed by atoms with Gasteiger partial charge in [0.2, 0.25) is 0 Å². The van der Waals surface area contributed by atoms with Crippen LogP contribution in [0.25, 0.3) is 0 Å². The lowest BCUT2D eigenvalue weighted by atomic mass is 10.1. The fourth-order valence-electron chi connectivity index (χ4n) is 1.73. The predicted octanol–water partition coefficient (Wildman–Crippen LogP) is 1.98. The Kier molecular flexibility index (Phi) is 4.57. The normalized spacial score (nSPS) is 12.5. The fourth-order valence-corrected chi connectivity index (χ4v) is 1.73. The zero-order chi connectivity index (χ0) is 11.3. The van der Waals surface area contributed by atoms with Crippen molar-refractivity contribution in [3.05, 3.63) is 47.5 Å². The third kappa shape index (κ3) is 4.30. The number of likely N-dealkylation sites (N-methyl/N-ethyl adjacent to an activating group) is 1. The van der Waals surface area contributed by atoms with Crippen LogP contribution < -0.4 is 4.90 Å². The van der Waals surface area contributed by atoms with Crippen LogP contribution >= 0.6 is 0 Å². The highest BCUT2D eigenvalue weighted by molar-refractivity contribution is 5.20. The van der Waals surface area contributed by atoms with Gasteiger partial charge < -0.3 is 4.90 Å². The molecule has 82 valence electrons. The highest BCUT2D eigenvalue weighted by Crippen LogP contribution is 2.01. The van der Waals surface area contributed by atoms with Gasteiger partial charge in [-0.2, -0.15) is 0 Å². The first kappa shape index (κ1) is 12.0. The van der Waals surface area contributed by atoms with Gasteiger partial charge in [0.1, 0.15) is 6.54 Å². The fraction of sp³-hybridized carbons (Fsp3) is 0.429. The summed E-state index contributed by atoms with van der Waals surface area (Å²) >= 11 is 0. The smallest absolute Gasteiger partial charge is 0.103 e. The van der Waals surface area contributed by atoms with Gasteiger partial charge in [0, 0.05) is 5.56 Å². The molecule has 0 heterocycles. The molecule has 1 atom stereocenters. The molecule has 0 amide bonds. The lowest BCUT2D eigenvalue weighted by Gasteiger charge is -2.17. The molecule has 0 spiro atoms. The summed E-state index contributed by atoms with van der Waals surface area (Å²) in [7, 11) is 0. The van der Waals surface area contributed by atoms with Crippen LogP contribution in [-0.2, 0) is 6.54 Å². The minimum absolute atomic E-state index is 1.07. The van der Waals surface area contributed by atoms with Crippen LogP contribution in [0.3, 0.4) is 0 Å². The van der Waals surface area contributed by atoms with Crippen molar-refractivity contribution in [3.63, 3.8) is 0 Å². The summed E-state index contributed by atoms with van der Waals surface area (Å²) in [5, 5.41) is 0. The monoisotopic (exact) mass is 204 g/mol. The van der Waals surface area contributed by atoms with Crippen LogP contribution in [0, 0.1) is 6.92 Å². The van der Waals surface area contributed by atoms with Crippen molar-refractivity contribution in [1.29, 1.82) is 0 Å². The molecule has 0 fully saturated rings. The molecular weight excluding hydrogens is 182 g/mol. The molecule has 1 nitrogen and oxygen atoms in total. The van der Waals surface area contributed by atoms with Crippen molar-refractivity contribution in [2.24, 2.45) is 0 Å². The first-order valence-electron chi connectivity index (χ1n) is 5.65. The summed E-state index contributed by atoms with van der Waals surface area (Å²) in [6.45, 7) is 13.8. The minimum atomic E-state index is 1.07. The van der Waals surface area contributed by atoms with Crippen LogP contribution in [-0.4, -0.2) is 13.1 Å². The maximum Gasteiger partial charge on any atom is 0.103 e. The van der Waals surface area contributed by atoms with E-state index in [0.717, 1.165) is 19.6 Å². The summed E-state index contributed by atoms with van der Waals surface area (Å²) in [5.74, 6) is 0. The van der Waals surface area contributed by atoms with Gasteiger partial charge in [0.05, 0.1) is 13.1 Å². The van der Waals surface area contributed by atoms with Gasteiger partial charge in [-0.05, 0) is 26.3 Å². The molecule has 0 bridgehead atoms. The second-order valence-electron chi connectivity index (χ2n) is 4.40. The number of nitrogens with one attached hydrogen (secondary N) is 1. The average Bonchev–Trinajstić information content (AvgIpc) is 2.19. The van der Waals surface area contributed by atoms with Crippen molar-refractivity contribution in [2.45, 2.75) is 27.3 Å². The van der Waals surface area contributed by atoms with Crippen LogP contribution in [0.4, 0.5) is 0 Å². The molecule has 1 heteroatoms. The van der Waals surface area contributed by atoms with Gasteiger partial charge in [0.25, 0.3) is 0 Å². The van der Waals surface area contributed by atoms with Gasteiger partial charge in [-0.1, -0.05) is 36.4 Å². The zero-order valence-corrected chi connectivity index (χ0v) is 10.1. The largest absolute Gasteiger partial charge is 0.328 e. The molecule has 0 saturated carbocycles. The second-order valence-corrected chi connectivity index (χ2v) is 4.40. The summed E-state index contributed by atoms with van der Waals surface area (Å²) in [4.78, 5) is 1.58. The van der Waals surface area contributed by atoms with Crippen LogP contribution in [0.5, 0.6) is 0 Å². The molecular formula is C14H22N+. The lowest BCUT2D eigenvalue weighted by Crippen LogP contribution is -3.10. The van der Waals surface area contributed by atoms with Crippen molar-refractivity contribution in [1.82, 2.24) is 0 Å². The number of aryl methyl sites for hydroxylation is 1. The maximum absolute atomic E-state index is 3.98. The van der Waals surface area contributed by atoms with E-state index in [9.17, 15) is 0 Å². The number of hydrogen-bond donors (Lipinski definition) is 1. The maximum atomic E-state index is 3.98. The van der Waals surface area contributed by atoms with E-state index in [4.69, 9.17) is 0 Å². The number of rotatable bonds is 5. The molecule has 1 rings (SSSR count). The summed E-state index contributed by atoms with van der Waals surface area (Å²) < 4.78 is 0. The molecule has 15 heavy (non-hydrogen) atoms. The topological polar surface area (TPSA) is 4.44 Å². The molecule has 0 aliphatic heterocycles. The average molecular weight is 204 g/mol. The zero-order valence-electron chi connectivity index (χ0n) is 10.1. The number of quaternary nitrogens is 1. The number of hydrogen-bond acceptors (Lipinski definition) is 0. The Labute approximate surface area is 93.4 Å². The van der Waals surface area contributed by atoms with E-state index in [2.05, 4.69) is 51.6 Å². The van der Waals surface area contributed by atoms with E-state index >= 15 is 0 Å². The van der Waals surface area contributed by atoms with Gasteiger partial charge in [-0.15, -0.1) is 0 Å². The molecule has 0 aliphatic rings. The van der Waals surface area contributed by atoms with Crippen LogP contribution in [0.2, 0.25) is 0 Å². The van der Waals surface area contributed by atoms with Crippen molar-refractivity contribution in [3.8, 4) is 0 Å². The molecule has 1 unspecified atom stereocenters. The molecule has 1 aromatic carbocycles.